The topological polar surface area (TPSA) is 55.1 Å². The van der Waals surface area contributed by atoms with E-state index in [0.29, 0.717) is 12.5 Å². The summed E-state index contributed by atoms with van der Waals surface area (Å²) in [4.78, 5) is 8.88. The van der Waals surface area contributed by atoms with Crippen molar-refractivity contribution in [3.63, 3.8) is 0 Å². The van der Waals surface area contributed by atoms with Crippen molar-refractivity contribution < 1.29 is 0 Å². The third kappa shape index (κ3) is 2.18. The van der Waals surface area contributed by atoms with Crippen LogP contribution < -0.4 is 5.32 Å². The Labute approximate surface area is 121 Å². The van der Waals surface area contributed by atoms with E-state index in [1.807, 2.05) is 42.7 Å². The Bertz CT molecular complexity index is 874. The summed E-state index contributed by atoms with van der Waals surface area (Å²) in [6, 6.07) is 16.0. The molecule has 0 amide bonds. The predicted molar refractivity (Wildman–Crippen MR) is 82.1 cm³/mol. The summed E-state index contributed by atoms with van der Waals surface area (Å²) in [7, 11) is 0. The zero-order valence-corrected chi connectivity index (χ0v) is 11.3. The average Bonchev–Trinajstić information content (AvgIpc) is 2.96. The van der Waals surface area contributed by atoms with Crippen molar-refractivity contribution in [3.8, 4) is 0 Å². The Morgan fingerprint density at radius 1 is 1.00 bits per heavy atom. The number of rotatable bonds is 3. The second kappa shape index (κ2) is 4.86. The second-order valence-electron chi connectivity index (χ2n) is 4.78. The molecule has 0 radical (unpaired) electrons. The summed E-state index contributed by atoms with van der Waals surface area (Å²) in [5.74, 6) is 0.620. The molecule has 5 nitrogen and oxygen atoms in total. The second-order valence-corrected chi connectivity index (χ2v) is 4.78. The molecule has 3 aromatic heterocycles. The molecular weight excluding hydrogens is 262 g/mol. The number of hydrogen-bond acceptors (Lipinski definition) is 4. The molecule has 0 bridgehead atoms. The molecule has 21 heavy (non-hydrogen) atoms. The van der Waals surface area contributed by atoms with Gasteiger partial charge in [-0.05, 0) is 23.8 Å². The monoisotopic (exact) mass is 275 g/mol. The molecule has 0 spiro atoms. The number of aromatic nitrogens is 4. The van der Waals surface area contributed by atoms with Crippen molar-refractivity contribution in [3.05, 3.63) is 66.5 Å². The van der Waals surface area contributed by atoms with Crippen molar-refractivity contribution in [2.45, 2.75) is 6.54 Å². The van der Waals surface area contributed by atoms with Gasteiger partial charge < -0.3 is 5.32 Å². The van der Waals surface area contributed by atoms with Crippen LogP contribution in [-0.4, -0.2) is 19.6 Å². The van der Waals surface area contributed by atoms with Crippen LogP contribution in [-0.2, 0) is 6.54 Å². The summed E-state index contributed by atoms with van der Waals surface area (Å²) >= 11 is 0. The SMILES string of the molecule is c1cnc2c(CNc3nc4ccccn4n3)cccc2c1. The van der Waals surface area contributed by atoms with E-state index in [-0.39, 0.29) is 0 Å². The van der Waals surface area contributed by atoms with Gasteiger partial charge in [0.1, 0.15) is 0 Å². The first-order chi connectivity index (χ1) is 10.4. The number of para-hydroxylation sites is 1. The van der Waals surface area contributed by atoms with Crippen LogP contribution in [0.4, 0.5) is 5.95 Å². The summed E-state index contributed by atoms with van der Waals surface area (Å²) in [5, 5.41) is 8.78. The van der Waals surface area contributed by atoms with Crippen molar-refractivity contribution in [1.29, 1.82) is 0 Å². The van der Waals surface area contributed by atoms with Crippen LogP contribution in [0.15, 0.2) is 60.9 Å². The highest BCUT2D eigenvalue weighted by Gasteiger charge is 2.05. The van der Waals surface area contributed by atoms with Crippen molar-refractivity contribution in [1.82, 2.24) is 19.6 Å². The third-order valence-corrected chi connectivity index (χ3v) is 3.39. The average molecular weight is 275 g/mol. The molecule has 102 valence electrons. The Balaban J connectivity index is 1.63. The molecule has 0 aliphatic rings. The zero-order valence-electron chi connectivity index (χ0n) is 11.3. The molecule has 1 aromatic carbocycles. The Hall–Kier alpha value is -2.95. The van der Waals surface area contributed by atoms with E-state index >= 15 is 0 Å². The number of benzene rings is 1. The fourth-order valence-corrected chi connectivity index (χ4v) is 2.39. The summed E-state index contributed by atoms with van der Waals surface area (Å²) in [6.45, 7) is 0.644. The first-order valence-corrected chi connectivity index (χ1v) is 6.78. The van der Waals surface area contributed by atoms with Gasteiger partial charge in [0.25, 0.3) is 0 Å². The van der Waals surface area contributed by atoms with Crippen LogP contribution in [0.1, 0.15) is 5.56 Å². The maximum absolute atomic E-state index is 4.45. The molecular formula is C16H13N5. The maximum Gasteiger partial charge on any atom is 0.243 e. The van der Waals surface area contributed by atoms with Crippen LogP contribution in [0, 0.1) is 0 Å². The van der Waals surface area contributed by atoms with E-state index in [2.05, 4.69) is 38.6 Å². The van der Waals surface area contributed by atoms with Crippen molar-refractivity contribution in [2.75, 3.05) is 5.32 Å². The minimum Gasteiger partial charge on any atom is -0.349 e. The van der Waals surface area contributed by atoms with Gasteiger partial charge in [-0.25, -0.2) is 4.52 Å². The fraction of sp³-hybridized carbons (Fsp3) is 0.0625. The molecule has 0 atom stereocenters. The van der Waals surface area contributed by atoms with Gasteiger partial charge in [0.05, 0.1) is 5.52 Å². The summed E-state index contributed by atoms with van der Waals surface area (Å²) in [5.41, 5.74) is 2.97. The van der Waals surface area contributed by atoms with Gasteiger partial charge in [-0.1, -0.05) is 30.3 Å². The quantitative estimate of drug-likeness (QED) is 0.624. The van der Waals surface area contributed by atoms with Gasteiger partial charge in [0.2, 0.25) is 5.95 Å². The lowest BCUT2D eigenvalue weighted by Crippen LogP contribution is -2.02. The van der Waals surface area contributed by atoms with Crippen LogP contribution in [0.2, 0.25) is 0 Å². The molecule has 0 saturated heterocycles. The van der Waals surface area contributed by atoms with Crippen molar-refractivity contribution >= 4 is 22.5 Å². The number of anilines is 1. The molecule has 3 heterocycles. The van der Waals surface area contributed by atoms with Gasteiger partial charge in [0, 0.05) is 24.3 Å². The predicted octanol–water partition coefficient (Wildman–Crippen LogP) is 2.89. The summed E-state index contributed by atoms with van der Waals surface area (Å²) < 4.78 is 1.75. The fourth-order valence-electron chi connectivity index (χ4n) is 2.39. The largest absolute Gasteiger partial charge is 0.349 e. The molecule has 0 fully saturated rings. The Kier molecular flexibility index (Phi) is 2.74. The minimum atomic E-state index is 0.620. The standard InChI is InChI=1S/C16H13N5/c1-2-10-21-14(8-1)19-16(20-21)18-11-13-6-3-5-12-7-4-9-17-15(12)13/h1-10H,11H2,(H,18,20). The summed E-state index contributed by atoms with van der Waals surface area (Å²) in [6.07, 6.45) is 3.70. The molecule has 5 heteroatoms. The number of nitrogens with one attached hydrogen (secondary N) is 1. The van der Waals surface area contributed by atoms with Crippen LogP contribution in [0.5, 0.6) is 0 Å². The molecule has 0 aliphatic heterocycles. The van der Waals surface area contributed by atoms with E-state index < -0.39 is 0 Å². The Morgan fingerprint density at radius 3 is 2.90 bits per heavy atom. The molecule has 4 aromatic rings. The zero-order chi connectivity index (χ0) is 14.1. The molecule has 0 aliphatic carbocycles. The third-order valence-electron chi connectivity index (χ3n) is 3.39. The lowest BCUT2D eigenvalue weighted by atomic mass is 10.1. The van der Waals surface area contributed by atoms with E-state index in [0.717, 1.165) is 22.1 Å². The van der Waals surface area contributed by atoms with E-state index in [4.69, 9.17) is 0 Å². The Morgan fingerprint density at radius 2 is 1.95 bits per heavy atom. The van der Waals surface area contributed by atoms with Crippen molar-refractivity contribution in [2.24, 2.45) is 0 Å². The normalized spacial score (nSPS) is 11.0. The van der Waals surface area contributed by atoms with Gasteiger partial charge in [-0.2, -0.15) is 4.98 Å². The number of nitrogens with zero attached hydrogens (tertiary/aromatic N) is 4. The maximum atomic E-state index is 4.45. The molecule has 1 N–H and O–H groups in total. The van der Waals surface area contributed by atoms with E-state index in [9.17, 15) is 0 Å². The van der Waals surface area contributed by atoms with Gasteiger partial charge in [0.15, 0.2) is 5.65 Å². The first-order valence-electron chi connectivity index (χ1n) is 6.78. The van der Waals surface area contributed by atoms with Gasteiger partial charge in [-0.15, -0.1) is 5.10 Å². The lowest BCUT2D eigenvalue weighted by Gasteiger charge is -2.05. The number of pyridine rings is 2. The molecule has 0 saturated carbocycles. The first kappa shape index (κ1) is 11.8. The number of hydrogen-bond donors (Lipinski definition) is 1. The van der Waals surface area contributed by atoms with E-state index in [1.54, 1.807) is 4.52 Å². The highest BCUT2D eigenvalue weighted by atomic mass is 15.3. The van der Waals surface area contributed by atoms with Crippen LogP contribution in [0.25, 0.3) is 16.6 Å². The minimum absolute atomic E-state index is 0.620. The highest BCUT2D eigenvalue weighted by molar-refractivity contribution is 5.81. The number of fused-ring (bicyclic) bond motifs is 2. The highest BCUT2D eigenvalue weighted by Crippen LogP contribution is 2.17. The lowest BCUT2D eigenvalue weighted by molar-refractivity contribution is 0.951. The van der Waals surface area contributed by atoms with Gasteiger partial charge >= 0.3 is 0 Å². The van der Waals surface area contributed by atoms with Crippen LogP contribution >= 0.6 is 0 Å². The smallest absolute Gasteiger partial charge is 0.243 e. The van der Waals surface area contributed by atoms with E-state index in [1.165, 1.54) is 0 Å². The van der Waals surface area contributed by atoms with Gasteiger partial charge in [-0.3, -0.25) is 4.98 Å². The molecule has 0 unspecified atom stereocenters. The van der Waals surface area contributed by atoms with Crippen LogP contribution in [0.3, 0.4) is 0 Å². The molecule has 4 rings (SSSR count).